The number of benzene rings is 2. The van der Waals surface area contributed by atoms with E-state index in [0.717, 1.165) is 15.3 Å². The van der Waals surface area contributed by atoms with Crippen molar-refractivity contribution in [2.75, 3.05) is 11.5 Å². The molecule has 3 aromatic rings. The van der Waals surface area contributed by atoms with E-state index in [9.17, 15) is 18.8 Å². The van der Waals surface area contributed by atoms with Gasteiger partial charge in [0, 0.05) is 11.3 Å². The van der Waals surface area contributed by atoms with Gasteiger partial charge in [0.2, 0.25) is 11.8 Å². The number of nitrogens with one attached hydrogen (secondary N) is 1. The molecular weight excluding hydrogens is 455 g/mol. The molecule has 3 heterocycles. The van der Waals surface area contributed by atoms with Crippen molar-refractivity contribution in [1.82, 2.24) is 5.32 Å². The summed E-state index contributed by atoms with van der Waals surface area (Å²) in [6.07, 6.45) is 0.153. The molecule has 34 heavy (non-hydrogen) atoms. The molecule has 2 aliphatic heterocycles. The van der Waals surface area contributed by atoms with Crippen molar-refractivity contribution in [2.24, 2.45) is 11.8 Å². The van der Waals surface area contributed by atoms with Crippen LogP contribution in [0.4, 0.5) is 10.1 Å². The lowest BCUT2D eigenvalue weighted by atomic mass is 9.76. The van der Waals surface area contributed by atoms with Crippen LogP contribution in [-0.2, 0) is 25.5 Å². The fraction of sp³-hybridized carbons (Fsp3) is 0.269. The van der Waals surface area contributed by atoms with Gasteiger partial charge in [0.05, 0.1) is 30.2 Å². The largest absolute Gasteiger partial charge is 0.465 e. The van der Waals surface area contributed by atoms with Crippen LogP contribution < -0.4 is 10.2 Å². The summed E-state index contributed by atoms with van der Waals surface area (Å²) >= 11 is 1.43. The molecule has 1 aromatic heterocycles. The zero-order chi connectivity index (χ0) is 23.9. The molecule has 5 rings (SSSR count). The summed E-state index contributed by atoms with van der Waals surface area (Å²) in [6.45, 7) is 1.82. The van der Waals surface area contributed by atoms with Crippen LogP contribution in [0.25, 0.3) is 0 Å². The highest BCUT2D eigenvalue weighted by atomic mass is 32.1. The Morgan fingerprint density at radius 2 is 1.79 bits per heavy atom. The first-order valence-corrected chi connectivity index (χ1v) is 12.0. The molecule has 2 amide bonds. The quantitative estimate of drug-likeness (QED) is 0.430. The Balaban J connectivity index is 1.68. The Bertz CT molecular complexity index is 1230. The molecule has 2 aliphatic rings. The number of halogens is 1. The molecule has 6 nitrogen and oxygen atoms in total. The van der Waals surface area contributed by atoms with Crippen LogP contribution in [0.15, 0.2) is 72.1 Å². The van der Waals surface area contributed by atoms with Crippen LogP contribution in [0.5, 0.6) is 0 Å². The number of carbonyl (C=O) groups excluding carboxylic acids is 3. The summed E-state index contributed by atoms with van der Waals surface area (Å²) < 4.78 is 20.2. The summed E-state index contributed by atoms with van der Waals surface area (Å²) in [6, 6.07) is 18.1. The van der Waals surface area contributed by atoms with E-state index < -0.39 is 47.0 Å². The van der Waals surface area contributed by atoms with Crippen LogP contribution in [0.2, 0.25) is 0 Å². The molecule has 0 bridgehead atoms. The van der Waals surface area contributed by atoms with Gasteiger partial charge >= 0.3 is 5.97 Å². The first-order valence-electron chi connectivity index (χ1n) is 11.1. The number of anilines is 1. The van der Waals surface area contributed by atoms with Crippen molar-refractivity contribution in [2.45, 2.75) is 24.9 Å². The maximum atomic E-state index is 14.7. The molecule has 2 aromatic carbocycles. The van der Waals surface area contributed by atoms with Crippen LogP contribution in [0.1, 0.15) is 23.4 Å². The molecule has 2 fully saturated rings. The Hall–Kier alpha value is -3.36. The van der Waals surface area contributed by atoms with E-state index in [1.54, 1.807) is 13.0 Å². The molecule has 8 heteroatoms. The molecule has 0 saturated carbocycles. The average Bonchev–Trinajstić information content (AvgIpc) is 3.53. The minimum atomic E-state index is -1.48. The second kappa shape index (κ2) is 8.77. The predicted molar refractivity (Wildman–Crippen MR) is 126 cm³/mol. The Morgan fingerprint density at radius 3 is 2.47 bits per heavy atom. The van der Waals surface area contributed by atoms with Gasteiger partial charge in [-0.1, -0.05) is 48.5 Å². The van der Waals surface area contributed by atoms with Gasteiger partial charge in [-0.2, -0.15) is 0 Å². The van der Waals surface area contributed by atoms with Gasteiger partial charge in [0.25, 0.3) is 0 Å². The number of ether oxygens (including phenoxy) is 1. The SMILES string of the molecule is CCOC(=O)[C@@]1(Cc2ccccc2)N[C@@H](c2cccs2)[C@H]2C(=O)N(c3ccccc3F)C(=O)[C@@H]21. The van der Waals surface area contributed by atoms with E-state index in [1.807, 2.05) is 47.8 Å². The molecule has 0 unspecified atom stereocenters. The Morgan fingerprint density at radius 1 is 1.06 bits per heavy atom. The number of hydrogen-bond donors (Lipinski definition) is 1. The van der Waals surface area contributed by atoms with E-state index >= 15 is 0 Å². The summed E-state index contributed by atoms with van der Waals surface area (Å²) in [4.78, 5) is 42.9. The molecular formula is C26H23FN2O4S. The number of carbonyl (C=O) groups is 3. The number of nitrogens with zero attached hydrogens (tertiary/aromatic N) is 1. The van der Waals surface area contributed by atoms with Crippen molar-refractivity contribution in [1.29, 1.82) is 0 Å². The third-order valence-corrected chi connectivity index (χ3v) is 7.52. The number of hydrogen-bond acceptors (Lipinski definition) is 6. The summed E-state index contributed by atoms with van der Waals surface area (Å²) in [5, 5.41) is 5.24. The fourth-order valence-electron chi connectivity index (χ4n) is 5.19. The molecule has 0 radical (unpaired) electrons. The van der Waals surface area contributed by atoms with E-state index in [0.29, 0.717) is 0 Å². The highest BCUT2D eigenvalue weighted by molar-refractivity contribution is 7.10. The Kier molecular flexibility index (Phi) is 5.79. The van der Waals surface area contributed by atoms with Crippen molar-refractivity contribution in [3.63, 3.8) is 0 Å². The average molecular weight is 479 g/mol. The highest BCUT2D eigenvalue weighted by Gasteiger charge is 2.69. The van der Waals surface area contributed by atoms with Crippen molar-refractivity contribution >= 4 is 34.8 Å². The second-order valence-corrected chi connectivity index (χ2v) is 9.44. The smallest absolute Gasteiger partial charge is 0.327 e. The van der Waals surface area contributed by atoms with Gasteiger partial charge in [-0.15, -0.1) is 11.3 Å². The van der Waals surface area contributed by atoms with Crippen molar-refractivity contribution in [3.05, 3.63) is 88.4 Å². The monoisotopic (exact) mass is 478 g/mol. The standard InChI is InChI=1S/C26H23FN2O4S/c1-2-33-25(32)26(15-16-9-4-3-5-10-16)21-20(22(28-26)19-13-8-14-34-19)23(30)29(24(21)31)18-12-7-6-11-17(18)27/h3-14,20-22,28H,2,15H2,1H3/t20-,21+,22-,26-/m0/s1. The van der Waals surface area contributed by atoms with E-state index in [-0.39, 0.29) is 18.7 Å². The number of esters is 1. The maximum Gasteiger partial charge on any atom is 0.327 e. The van der Waals surface area contributed by atoms with Gasteiger partial charge in [-0.3, -0.25) is 19.7 Å². The summed E-state index contributed by atoms with van der Waals surface area (Å²) in [7, 11) is 0. The van der Waals surface area contributed by atoms with E-state index in [4.69, 9.17) is 4.74 Å². The second-order valence-electron chi connectivity index (χ2n) is 8.46. The third kappa shape index (κ3) is 3.45. The summed E-state index contributed by atoms with van der Waals surface area (Å²) in [5.41, 5.74) is -0.767. The number of amides is 2. The lowest BCUT2D eigenvalue weighted by molar-refractivity contribution is -0.154. The van der Waals surface area contributed by atoms with E-state index in [2.05, 4.69) is 5.32 Å². The van der Waals surface area contributed by atoms with Gasteiger partial charge in [0.1, 0.15) is 11.4 Å². The number of rotatable bonds is 6. The predicted octanol–water partition coefficient (Wildman–Crippen LogP) is 3.88. The molecule has 0 aliphatic carbocycles. The lowest BCUT2D eigenvalue weighted by Crippen LogP contribution is -2.58. The minimum absolute atomic E-state index is 0.103. The fourth-order valence-corrected chi connectivity index (χ4v) is 6.01. The number of thiophene rings is 1. The Labute approximate surface area is 200 Å². The highest BCUT2D eigenvalue weighted by Crippen LogP contribution is 2.52. The van der Waals surface area contributed by atoms with Crippen LogP contribution in [0.3, 0.4) is 0 Å². The number of fused-ring (bicyclic) bond motifs is 1. The number of para-hydroxylation sites is 1. The van der Waals surface area contributed by atoms with Crippen LogP contribution >= 0.6 is 11.3 Å². The molecule has 0 spiro atoms. The molecule has 4 atom stereocenters. The van der Waals surface area contributed by atoms with Crippen molar-refractivity contribution < 1.29 is 23.5 Å². The summed E-state index contributed by atoms with van der Waals surface area (Å²) in [5.74, 6) is -4.32. The van der Waals surface area contributed by atoms with Crippen LogP contribution in [-0.4, -0.2) is 29.9 Å². The normalized spacial score (nSPS) is 26.1. The molecule has 1 N–H and O–H groups in total. The topological polar surface area (TPSA) is 75.7 Å². The maximum absolute atomic E-state index is 14.7. The first kappa shape index (κ1) is 22.4. The van der Waals surface area contributed by atoms with Gasteiger partial charge < -0.3 is 4.74 Å². The van der Waals surface area contributed by atoms with Gasteiger partial charge in [0.15, 0.2) is 0 Å². The first-order chi connectivity index (χ1) is 16.5. The molecule has 174 valence electrons. The zero-order valence-electron chi connectivity index (χ0n) is 18.4. The lowest BCUT2D eigenvalue weighted by Gasteiger charge is -2.33. The van der Waals surface area contributed by atoms with E-state index in [1.165, 1.54) is 29.5 Å². The van der Waals surface area contributed by atoms with Crippen LogP contribution in [0, 0.1) is 17.7 Å². The number of imide groups is 1. The molecule has 2 saturated heterocycles. The zero-order valence-corrected chi connectivity index (χ0v) is 19.3. The third-order valence-electron chi connectivity index (χ3n) is 6.56. The van der Waals surface area contributed by atoms with Crippen molar-refractivity contribution in [3.8, 4) is 0 Å². The van der Waals surface area contributed by atoms with Gasteiger partial charge in [-0.25, -0.2) is 9.29 Å². The minimum Gasteiger partial charge on any atom is -0.465 e. The van der Waals surface area contributed by atoms with Gasteiger partial charge in [-0.05, 0) is 36.1 Å².